The molecule has 3 rings (SSSR count). The minimum absolute atomic E-state index is 0.0543. The van der Waals surface area contributed by atoms with Gasteiger partial charge in [-0.15, -0.1) is 0 Å². The van der Waals surface area contributed by atoms with Crippen molar-refractivity contribution >= 4 is 27.5 Å². The highest BCUT2D eigenvalue weighted by molar-refractivity contribution is 9.10. The molecular formula is C13H13BrN4O2. The van der Waals surface area contributed by atoms with Crippen molar-refractivity contribution in [2.24, 2.45) is 5.73 Å². The van der Waals surface area contributed by atoms with Crippen molar-refractivity contribution in [2.75, 3.05) is 18.5 Å². The van der Waals surface area contributed by atoms with Crippen LogP contribution in [0.15, 0.2) is 22.9 Å². The second-order valence-electron chi connectivity index (χ2n) is 4.44. The number of hydrogen-bond donors (Lipinski definition) is 3. The van der Waals surface area contributed by atoms with Crippen LogP contribution >= 0.6 is 15.9 Å². The maximum absolute atomic E-state index is 11.4. The van der Waals surface area contributed by atoms with Gasteiger partial charge in [0, 0.05) is 17.7 Å². The fraction of sp³-hybridized carbons (Fsp3) is 0.231. The molecule has 0 bridgehead atoms. The molecule has 1 aromatic carbocycles. The van der Waals surface area contributed by atoms with E-state index >= 15 is 0 Å². The summed E-state index contributed by atoms with van der Waals surface area (Å²) >= 11 is 3.33. The van der Waals surface area contributed by atoms with Crippen molar-refractivity contribution in [3.8, 4) is 17.0 Å². The standard InChI is InChI=1S/C13H13BrN4O2/c14-13-17-8(3-4-15)12(18-13)7-1-2-10-9(5-7)16-11(19)6-20-10/h1-2,5H,3-4,6,15H2,(H,16,19)(H,17,18). The number of nitrogens with two attached hydrogens (primary N) is 1. The topological polar surface area (TPSA) is 93.0 Å². The van der Waals surface area contributed by atoms with Crippen LogP contribution in [0.4, 0.5) is 5.69 Å². The number of nitrogens with zero attached hydrogens (tertiary/aromatic N) is 1. The van der Waals surface area contributed by atoms with Gasteiger partial charge < -0.3 is 20.8 Å². The summed E-state index contributed by atoms with van der Waals surface area (Å²) in [6.07, 6.45) is 0.702. The minimum Gasteiger partial charge on any atom is -0.482 e. The highest BCUT2D eigenvalue weighted by atomic mass is 79.9. The summed E-state index contributed by atoms with van der Waals surface area (Å²) in [4.78, 5) is 18.9. The summed E-state index contributed by atoms with van der Waals surface area (Å²) in [5.74, 6) is 0.517. The molecule has 6 nitrogen and oxygen atoms in total. The monoisotopic (exact) mass is 336 g/mol. The van der Waals surface area contributed by atoms with Crippen LogP contribution in [0.25, 0.3) is 11.3 Å². The third-order valence-electron chi connectivity index (χ3n) is 3.03. The van der Waals surface area contributed by atoms with Crippen LogP contribution < -0.4 is 15.8 Å². The fourth-order valence-corrected chi connectivity index (χ4v) is 2.59. The van der Waals surface area contributed by atoms with E-state index in [0.29, 0.717) is 29.1 Å². The maximum Gasteiger partial charge on any atom is 0.262 e. The molecule has 0 spiro atoms. The summed E-state index contributed by atoms with van der Waals surface area (Å²) in [6, 6.07) is 5.60. The van der Waals surface area contributed by atoms with E-state index in [0.717, 1.165) is 17.0 Å². The number of halogens is 1. The first-order chi connectivity index (χ1) is 9.67. The molecule has 0 saturated heterocycles. The van der Waals surface area contributed by atoms with E-state index in [9.17, 15) is 4.79 Å². The van der Waals surface area contributed by atoms with E-state index in [2.05, 4.69) is 31.2 Å². The summed E-state index contributed by atoms with van der Waals surface area (Å²) < 4.78 is 6.00. The molecule has 20 heavy (non-hydrogen) atoms. The molecule has 4 N–H and O–H groups in total. The van der Waals surface area contributed by atoms with Gasteiger partial charge in [-0.3, -0.25) is 4.79 Å². The number of hydrogen-bond acceptors (Lipinski definition) is 4. The van der Waals surface area contributed by atoms with Crippen LogP contribution in [0.2, 0.25) is 0 Å². The predicted molar refractivity (Wildman–Crippen MR) is 78.6 cm³/mol. The molecule has 0 radical (unpaired) electrons. The molecule has 0 saturated carbocycles. The van der Waals surface area contributed by atoms with Crippen LogP contribution in [0.5, 0.6) is 5.75 Å². The van der Waals surface area contributed by atoms with Crippen LogP contribution in [0.1, 0.15) is 5.69 Å². The molecule has 2 heterocycles. The third kappa shape index (κ3) is 2.41. The van der Waals surface area contributed by atoms with Gasteiger partial charge in [0.25, 0.3) is 5.91 Å². The quantitative estimate of drug-likeness (QED) is 0.794. The SMILES string of the molecule is NCCc1[nH]c(Br)nc1-c1ccc2c(c1)NC(=O)CO2. The van der Waals surface area contributed by atoms with Crippen molar-refractivity contribution in [1.29, 1.82) is 0 Å². The Hall–Kier alpha value is -1.86. The highest BCUT2D eigenvalue weighted by Crippen LogP contribution is 2.33. The average molecular weight is 337 g/mol. The van der Waals surface area contributed by atoms with Gasteiger partial charge in [0.1, 0.15) is 5.75 Å². The second-order valence-corrected chi connectivity index (χ2v) is 5.19. The van der Waals surface area contributed by atoms with Gasteiger partial charge in [0.15, 0.2) is 11.3 Å². The van der Waals surface area contributed by atoms with Crippen LogP contribution in [-0.2, 0) is 11.2 Å². The largest absolute Gasteiger partial charge is 0.482 e. The number of anilines is 1. The highest BCUT2D eigenvalue weighted by Gasteiger charge is 2.18. The molecular weight excluding hydrogens is 324 g/mol. The van der Waals surface area contributed by atoms with Gasteiger partial charge >= 0.3 is 0 Å². The predicted octanol–water partition coefficient (Wildman–Crippen LogP) is 1.67. The Bertz CT molecular complexity index is 668. The minimum atomic E-state index is -0.153. The third-order valence-corrected chi connectivity index (χ3v) is 3.41. The zero-order valence-corrected chi connectivity index (χ0v) is 12.2. The molecule has 7 heteroatoms. The first kappa shape index (κ1) is 13.1. The lowest BCUT2D eigenvalue weighted by molar-refractivity contribution is -0.118. The lowest BCUT2D eigenvalue weighted by Crippen LogP contribution is -2.25. The number of nitrogens with one attached hydrogen (secondary N) is 2. The lowest BCUT2D eigenvalue weighted by Gasteiger charge is -2.18. The summed E-state index contributed by atoms with van der Waals surface area (Å²) in [6.45, 7) is 0.588. The molecule has 104 valence electrons. The Morgan fingerprint density at radius 3 is 3.10 bits per heavy atom. The molecule has 0 atom stereocenters. The Morgan fingerprint density at radius 2 is 2.30 bits per heavy atom. The lowest BCUT2D eigenvalue weighted by atomic mass is 10.1. The van der Waals surface area contributed by atoms with Gasteiger partial charge in [-0.25, -0.2) is 4.98 Å². The molecule has 0 aliphatic carbocycles. The molecule has 1 aliphatic heterocycles. The number of aromatic nitrogens is 2. The van der Waals surface area contributed by atoms with E-state index in [1.165, 1.54) is 0 Å². The van der Waals surface area contributed by atoms with Gasteiger partial charge in [-0.05, 0) is 40.7 Å². The van der Waals surface area contributed by atoms with Crippen LogP contribution in [-0.4, -0.2) is 29.0 Å². The van der Waals surface area contributed by atoms with Crippen LogP contribution in [0, 0.1) is 0 Å². The molecule has 0 unspecified atom stereocenters. The smallest absolute Gasteiger partial charge is 0.262 e. The first-order valence-electron chi connectivity index (χ1n) is 6.19. The van der Waals surface area contributed by atoms with Crippen LogP contribution in [0.3, 0.4) is 0 Å². The number of amides is 1. The Labute approximate surface area is 123 Å². The average Bonchev–Trinajstić information content (AvgIpc) is 2.79. The number of rotatable bonds is 3. The zero-order chi connectivity index (χ0) is 14.1. The fourth-order valence-electron chi connectivity index (χ4n) is 2.17. The van der Waals surface area contributed by atoms with Crippen molar-refractivity contribution in [2.45, 2.75) is 6.42 Å². The molecule has 1 aromatic heterocycles. The van der Waals surface area contributed by atoms with E-state index in [-0.39, 0.29) is 12.5 Å². The number of H-pyrrole nitrogens is 1. The molecule has 0 fully saturated rings. The Morgan fingerprint density at radius 1 is 1.45 bits per heavy atom. The van der Waals surface area contributed by atoms with Crippen molar-refractivity contribution in [1.82, 2.24) is 9.97 Å². The Balaban J connectivity index is 2.02. The number of imidazole rings is 1. The van der Waals surface area contributed by atoms with Gasteiger partial charge in [-0.2, -0.15) is 0 Å². The molecule has 1 aliphatic rings. The zero-order valence-electron chi connectivity index (χ0n) is 10.6. The number of fused-ring (bicyclic) bond motifs is 1. The second kappa shape index (κ2) is 5.26. The van der Waals surface area contributed by atoms with E-state index < -0.39 is 0 Å². The number of benzene rings is 1. The number of aromatic amines is 1. The molecule has 2 aromatic rings. The maximum atomic E-state index is 11.4. The Kier molecular flexibility index (Phi) is 3.45. The van der Waals surface area contributed by atoms with Crippen molar-refractivity contribution < 1.29 is 9.53 Å². The number of ether oxygens (including phenoxy) is 1. The summed E-state index contributed by atoms with van der Waals surface area (Å²) in [5, 5.41) is 2.79. The van der Waals surface area contributed by atoms with E-state index in [1.54, 1.807) is 0 Å². The van der Waals surface area contributed by atoms with E-state index in [1.807, 2.05) is 18.2 Å². The van der Waals surface area contributed by atoms with Gasteiger partial charge in [0.05, 0.1) is 11.4 Å². The van der Waals surface area contributed by atoms with Gasteiger partial charge in [-0.1, -0.05) is 0 Å². The molecule has 1 amide bonds. The van der Waals surface area contributed by atoms with Crippen molar-refractivity contribution in [3.63, 3.8) is 0 Å². The van der Waals surface area contributed by atoms with E-state index in [4.69, 9.17) is 10.5 Å². The number of carbonyl (C=O) groups is 1. The number of carbonyl (C=O) groups excluding carboxylic acids is 1. The van der Waals surface area contributed by atoms with Crippen molar-refractivity contribution in [3.05, 3.63) is 28.6 Å². The summed E-state index contributed by atoms with van der Waals surface area (Å²) in [7, 11) is 0. The summed E-state index contributed by atoms with van der Waals surface area (Å²) in [5.41, 5.74) is 8.96. The first-order valence-corrected chi connectivity index (χ1v) is 6.98. The van der Waals surface area contributed by atoms with Gasteiger partial charge in [0.2, 0.25) is 0 Å². The normalized spacial score (nSPS) is 13.6.